The number of amides is 1. The number of methoxy groups -OCH3 is 1. The van der Waals surface area contributed by atoms with Gasteiger partial charge in [-0.1, -0.05) is 11.6 Å². The van der Waals surface area contributed by atoms with Gasteiger partial charge >= 0.3 is 0 Å². The summed E-state index contributed by atoms with van der Waals surface area (Å²) in [4.78, 5) is 23.3. The van der Waals surface area contributed by atoms with Crippen molar-refractivity contribution in [3.05, 3.63) is 52.5 Å². The van der Waals surface area contributed by atoms with Gasteiger partial charge in [0.05, 0.1) is 30.4 Å². The quantitative estimate of drug-likeness (QED) is 0.708. The fraction of sp³-hybridized carbons (Fsp3) is 0.167. The topological polar surface area (TPSA) is 99.7 Å². The number of halogens is 1. The minimum atomic E-state index is -1.35. The number of hydrogen-bond donors (Lipinski definition) is 2. The number of nitrogens with one attached hydrogen (secondary N) is 2. The molecular weight excluding hydrogens is 392 g/mol. The SMILES string of the molecule is CCOc1ccc(C(=O)NC(=S)Nc2cc(C(=O)[O-])ccc2OC)cc1Cl. The number of aromatic carboxylic acids is 1. The fourth-order valence-electron chi connectivity index (χ4n) is 2.18. The Morgan fingerprint density at radius 2 is 1.81 bits per heavy atom. The molecule has 0 radical (unpaired) electrons. The van der Waals surface area contributed by atoms with Gasteiger partial charge in [0.25, 0.3) is 5.91 Å². The van der Waals surface area contributed by atoms with Crippen LogP contribution >= 0.6 is 23.8 Å². The van der Waals surface area contributed by atoms with E-state index in [-0.39, 0.29) is 21.9 Å². The van der Waals surface area contributed by atoms with Crippen molar-refractivity contribution >= 4 is 46.5 Å². The molecule has 0 aliphatic rings. The van der Waals surface area contributed by atoms with Crippen LogP contribution in [0.15, 0.2) is 36.4 Å². The summed E-state index contributed by atoms with van der Waals surface area (Å²) in [5, 5.41) is 16.5. The third kappa shape index (κ3) is 5.32. The van der Waals surface area contributed by atoms with Gasteiger partial charge in [-0.15, -0.1) is 0 Å². The Bertz CT molecular complexity index is 888. The predicted molar refractivity (Wildman–Crippen MR) is 104 cm³/mol. The zero-order valence-corrected chi connectivity index (χ0v) is 16.1. The number of benzene rings is 2. The molecule has 2 aromatic carbocycles. The van der Waals surface area contributed by atoms with E-state index in [9.17, 15) is 14.7 Å². The summed E-state index contributed by atoms with van der Waals surface area (Å²) in [5.74, 6) is -1.02. The number of rotatable bonds is 6. The average Bonchev–Trinajstić information content (AvgIpc) is 2.63. The number of carbonyl (C=O) groups excluding carboxylic acids is 2. The minimum Gasteiger partial charge on any atom is -0.545 e. The lowest BCUT2D eigenvalue weighted by Gasteiger charge is -2.15. The maximum absolute atomic E-state index is 12.3. The number of ether oxygens (including phenoxy) is 2. The molecule has 7 nitrogen and oxygen atoms in total. The van der Waals surface area contributed by atoms with E-state index >= 15 is 0 Å². The second kappa shape index (κ2) is 9.20. The van der Waals surface area contributed by atoms with Gasteiger partial charge in [-0.25, -0.2) is 0 Å². The van der Waals surface area contributed by atoms with Gasteiger partial charge < -0.3 is 24.7 Å². The van der Waals surface area contributed by atoms with Gasteiger partial charge in [0.15, 0.2) is 5.11 Å². The standard InChI is InChI=1S/C18H17ClN2O5S/c1-3-26-14-6-4-10(8-12(14)19)16(22)21-18(27)20-13-9-11(17(23)24)5-7-15(13)25-2/h4-9H,3H2,1-2H3,(H,23,24)(H2,20,21,22,27)/p-1. The average molecular weight is 408 g/mol. The molecule has 27 heavy (non-hydrogen) atoms. The summed E-state index contributed by atoms with van der Waals surface area (Å²) in [6, 6.07) is 8.67. The first-order chi connectivity index (χ1) is 12.8. The second-order valence-corrected chi connectivity index (χ2v) is 6.00. The van der Waals surface area contributed by atoms with Crippen LogP contribution < -0.4 is 25.2 Å². The van der Waals surface area contributed by atoms with E-state index in [0.717, 1.165) is 0 Å². The molecule has 0 bridgehead atoms. The van der Waals surface area contributed by atoms with Crippen molar-refractivity contribution in [3.8, 4) is 11.5 Å². The number of carbonyl (C=O) groups is 2. The third-order valence-corrected chi connectivity index (χ3v) is 3.90. The van der Waals surface area contributed by atoms with Gasteiger partial charge in [0.1, 0.15) is 11.5 Å². The molecule has 0 unspecified atom stereocenters. The van der Waals surface area contributed by atoms with E-state index in [2.05, 4.69) is 10.6 Å². The van der Waals surface area contributed by atoms with Crippen LogP contribution in [0.3, 0.4) is 0 Å². The molecule has 0 fully saturated rings. The lowest BCUT2D eigenvalue weighted by atomic mass is 10.2. The maximum atomic E-state index is 12.3. The van der Waals surface area contributed by atoms with Crippen molar-refractivity contribution in [1.82, 2.24) is 5.32 Å². The highest BCUT2D eigenvalue weighted by atomic mass is 35.5. The van der Waals surface area contributed by atoms with Crippen LogP contribution in [-0.4, -0.2) is 30.7 Å². The number of carboxylic acids is 1. The molecule has 0 aliphatic carbocycles. The highest BCUT2D eigenvalue weighted by Gasteiger charge is 2.13. The van der Waals surface area contributed by atoms with E-state index < -0.39 is 11.9 Å². The lowest BCUT2D eigenvalue weighted by Crippen LogP contribution is -2.34. The predicted octanol–water partition coefficient (Wildman–Crippen LogP) is 2.24. The van der Waals surface area contributed by atoms with Gasteiger partial charge in [-0.2, -0.15) is 0 Å². The summed E-state index contributed by atoms with van der Waals surface area (Å²) in [6.45, 7) is 2.27. The zero-order chi connectivity index (χ0) is 20.0. The number of carboxylic acid groups (broad SMARTS) is 1. The van der Waals surface area contributed by atoms with Crippen LogP contribution in [0.25, 0.3) is 0 Å². The van der Waals surface area contributed by atoms with E-state index in [1.807, 2.05) is 6.92 Å². The van der Waals surface area contributed by atoms with Crippen LogP contribution in [0, 0.1) is 0 Å². The molecule has 2 rings (SSSR count). The fourth-order valence-corrected chi connectivity index (χ4v) is 2.61. The Morgan fingerprint density at radius 3 is 2.41 bits per heavy atom. The normalized spacial score (nSPS) is 10.0. The molecule has 0 atom stereocenters. The molecule has 9 heteroatoms. The summed E-state index contributed by atoms with van der Waals surface area (Å²) >= 11 is 11.2. The summed E-state index contributed by atoms with van der Waals surface area (Å²) < 4.78 is 10.5. The highest BCUT2D eigenvalue weighted by Crippen LogP contribution is 2.26. The summed E-state index contributed by atoms with van der Waals surface area (Å²) in [7, 11) is 1.42. The van der Waals surface area contributed by atoms with Crippen LogP contribution in [0.2, 0.25) is 5.02 Å². The number of anilines is 1. The van der Waals surface area contributed by atoms with Crippen molar-refractivity contribution in [2.45, 2.75) is 6.92 Å². The van der Waals surface area contributed by atoms with Crippen molar-refractivity contribution < 1.29 is 24.2 Å². The zero-order valence-electron chi connectivity index (χ0n) is 14.5. The monoisotopic (exact) mass is 407 g/mol. The van der Waals surface area contributed by atoms with Crippen molar-refractivity contribution in [2.75, 3.05) is 19.0 Å². The van der Waals surface area contributed by atoms with Crippen molar-refractivity contribution in [1.29, 1.82) is 0 Å². The number of hydrogen-bond acceptors (Lipinski definition) is 6. The Morgan fingerprint density at radius 1 is 1.15 bits per heavy atom. The maximum Gasteiger partial charge on any atom is 0.257 e. The molecule has 1 amide bonds. The van der Waals surface area contributed by atoms with E-state index in [1.165, 1.54) is 31.4 Å². The molecular formula is C18H16ClN2O5S-. The van der Waals surface area contributed by atoms with E-state index in [1.54, 1.807) is 12.1 Å². The van der Waals surface area contributed by atoms with Crippen LogP contribution in [0.1, 0.15) is 27.6 Å². The minimum absolute atomic E-state index is 0.0428. The van der Waals surface area contributed by atoms with Crippen LogP contribution in [0.5, 0.6) is 11.5 Å². The Labute approximate surface area is 166 Å². The van der Waals surface area contributed by atoms with Crippen LogP contribution in [0.4, 0.5) is 5.69 Å². The number of thiocarbonyl (C=S) groups is 1. The first kappa shape index (κ1) is 20.5. The van der Waals surface area contributed by atoms with E-state index in [0.29, 0.717) is 23.1 Å². The van der Waals surface area contributed by atoms with Crippen molar-refractivity contribution in [3.63, 3.8) is 0 Å². The lowest BCUT2D eigenvalue weighted by molar-refractivity contribution is -0.255. The molecule has 142 valence electrons. The molecule has 2 N–H and O–H groups in total. The Kier molecular flexibility index (Phi) is 6.98. The first-order valence-electron chi connectivity index (χ1n) is 7.79. The van der Waals surface area contributed by atoms with Gasteiger partial charge in [-0.3, -0.25) is 10.1 Å². The second-order valence-electron chi connectivity index (χ2n) is 5.19. The largest absolute Gasteiger partial charge is 0.545 e. The molecule has 0 saturated heterocycles. The smallest absolute Gasteiger partial charge is 0.257 e. The van der Waals surface area contributed by atoms with Gasteiger partial charge in [0, 0.05) is 5.56 Å². The van der Waals surface area contributed by atoms with Gasteiger partial charge in [0.2, 0.25) is 0 Å². The molecule has 0 aliphatic heterocycles. The molecule has 0 heterocycles. The third-order valence-electron chi connectivity index (χ3n) is 3.40. The van der Waals surface area contributed by atoms with E-state index in [4.69, 9.17) is 33.3 Å². The Hall–Kier alpha value is -2.84. The summed E-state index contributed by atoms with van der Waals surface area (Å²) in [5.41, 5.74) is 0.489. The van der Waals surface area contributed by atoms with Gasteiger partial charge in [-0.05, 0) is 61.1 Å². The molecule has 2 aromatic rings. The molecule has 0 spiro atoms. The molecule has 0 aromatic heterocycles. The Balaban J connectivity index is 2.11. The molecule has 0 saturated carbocycles. The van der Waals surface area contributed by atoms with Crippen molar-refractivity contribution in [2.24, 2.45) is 0 Å². The highest BCUT2D eigenvalue weighted by molar-refractivity contribution is 7.80. The summed E-state index contributed by atoms with van der Waals surface area (Å²) in [6.07, 6.45) is 0. The first-order valence-corrected chi connectivity index (χ1v) is 8.58. The van der Waals surface area contributed by atoms with Crippen LogP contribution in [-0.2, 0) is 0 Å².